The summed E-state index contributed by atoms with van der Waals surface area (Å²) >= 11 is 6.08. The highest BCUT2D eigenvalue weighted by atomic mass is 35.5. The third kappa shape index (κ3) is 2.46. The lowest BCUT2D eigenvalue weighted by atomic mass is 10.3. The average molecular weight is 238 g/mol. The summed E-state index contributed by atoms with van der Waals surface area (Å²) in [5, 5.41) is 10.6. The van der Waals surface area contributed by atoms with Crippen molar-refractivity contribution in [3.63, 3.8) is 0 Å². The molecule has 4 nitrogen and oxygen atoms in total. The molecule has 0 aliphatic carbocycles. The second-order valence-corrected chi connectivity index (χ2v) is 3.69. The lowest BCUT2D eigenvalue weighted by Gasteiger charge is -2.08. The number of aromatic nitrogens is 2. The van der Waals surface area contributed by atoms with E-state index < -0.39 is 0 Å². The number of methoxy groups -OCH3 is 1. The zero-order valence-corrected chi connectivity index (χ0v) is 9.58. The number of benzene rings is 1. The van der Waals surface area contributed by atoms with Crippen LogP contribution in [0, 0.1) is 0 Å². The Morgan fingerprint density at radius 3 is 2.94 bits per heavy atom. The maximum atomic E-state index is 6.08. The smallest absolute Gasteiger partial charge is 0.120 e. The van der Waals surface area contributed by atoms with Crippen molar-refractivity contribution in [2.75, 3.05) is 12.4 Å². The number of H-pyrrole nitrogens is 1. The maximum Gasteiger partial charge on any atom is 0.120 e. The molecule has 5 heteroatoms. The Bertz CT molecular complexity index is 456. The topological polar surface area (TPSA) is 49.9 Å². The van der Waals surface area contributed by atoms with Gasteiger partial charge in [0.25, 0.3) is 0 Å². The van der Waals surface area contributed by atoms with Crippen LogP contribution in [-0.2, 0) is 6.54 Å². The minimum atomic E-state index is 0.638. The molecule has 0 saturated heterocycles. The molecule has 0 bridgehead atoms. The molecule has 1 heterocycles. The highest BCUT2D eigenvalue weighted by Gasteiger charge is 2.02. The van der Waals surface area contributed by atoms with Gasteiger partial charge in [-0.05, 0) is 18.2 Å². The molecule has 0 amide bonds. The van der Waals surface area contributed by atoms with Gasteiger partial charge in [-0.2, -0.15) is 5.10 Å². The van der Waals surface area contributed by atoms with Crippen LogP contribution in [-0.4, -0.2) is 17.3 Å². The Morgan fingerprint density at radius 1 is 1.44 bits per heavy atom. The normalized spacial score (nSPS) is 10.1. The van der Waals surface area contributed by atoms with Crippen molar-refractivity contribution in [2.24, 2.45) is 0 Å². The highest BCUT2D eigenvalue weighted by Crippen LogP contribution is 2.26. The Hall–Kier alpha value is -1.68. The first-order valence-corrected chi connectivity index (χ1v) is 5.23. The summed E-state index contributed by atoms with van der Waals surface area (Å²) < 4.78 is 5.07. The molecule has 0 saturated carbocycles. The van der Waals surface area contributed by atoms with Gasteiger partial charge in [0.2, 0.25) is 0 Å². The first-order chi connectivity index (χ1) is 7.79. The predicted molar refractivity (Wildman–Crippen MR) is 63.9 cm³/mol. The van der Waals surface area contributed by atoms with Crippen molar-refractivity contribution >= 4 is 17.3 Å². The fraction of sp³-hybridized carbons (Fsp3) is 0.182. The minimum Gasteiger partial charge on any atom is -0.497 e. The summed E-state index contributed by atoms with van der Waals surface area (Å²) in [6.07, 6.45) is 1.71. The largest absolute Gasteiger partial charge is 0.497 e. The third-order valence-electron chi connectivity index (χ3n) is 2.20. The number of hydrogen-bond acceptors (Lipinski definition) is 3. The van der Waals surface area contributed by atoms with Crippen LogP contribution in [0.3, 0.4) is 0 Å². The molecular weight excluding hydrogens is 226 g/mol. The van der Waals surface area contributed by atoms with E-state index in [0.29, 0.717) is 11.6 Å². The zero-order valence-electron chi connectivity index (χ0n) is 8.83. The zero-order chi connectivity index (χ0) is 11.4. The van der Waals surface area contributed by atoms with Gasteiger partial charge in [-0.25, -0.2) is 0 Å². The fourth-order valence-corrected chi connectivity index (χ4v) is 1.58. The van der Waals surface area contributed by atoms with E-state index in [1.165, 1.54) is 0 Å². The quantitative estimate of drug-likeness (QED) is 0.860. The van der Waals surface area contributed by atoms with Crippen molar-refractivity contribution in [3.8, 4) is 5.75 Å². The first kappa shape index (κ1) is 10.8. The molecule has 16 heavy (non-hydrogen) atoms. The molecular formula is C11H12ClN3O. The van der Waals surface area contributed by atoms with E-state index >= 15 is 0 Å². The van der Waals surface area contributed by atoms with Crippen molar-refractivity contribution < 1.29 is 4.74 Å². The summed E-state index contributed by atoms with van der Waals surface area (Å²) in [5.41, 5.74) is 1.88. The van der Waals surface area contributed by atoms with Crippen LogP contribution in [0.15, 0.2) is 30.5 Å². The van der Waals surface area contributed by atoms with Gasteiger partial charge in [0.1, 0.15) is 5.75 Å². The molecule has 2 rings (SSSR count). The van der Waals surface area contributed by atoms with Crippen LogP contribution in [0.2, 0.25) is 5.02 Å². The van der Waals surface area contributed by atoms with Gasteiger partial charge in [-0.3, -0.25) is 5.10 Å². The summed E-state index contributed by atoms with van der Waals surface area (Å²) in [7, 11) is 1.61. The standard InChI is InChI=1S/C11H12ClN3O/c1-16-9-2-3-11(10(12)6-9)13-7-8-4-5-14-15-8/h2-6,13H,7H2,1H3,(H,14,15). The lowest BCUT2D eigenvalue weighted by molar-refractivity contribution is 0.415. The van der Waals surface area contributed by atoms with Crippen molar-refractivity contribution in [2.45, 2.75) is 6.54 Å². The molecule has 0 aliphatic heterocycles. The van der Waals surface area contributed by atoms with Gasteiger partial charge in [0.15, 0.2) is 0 Å². The molecule has 0 spiro atoms. The molecule has 2 aromatic rings. The highest BCUT2D eigenvalue weighted by molar-refractivity contribution is 6.33. The second-order valence-electron chi connectivity index (χ2n) is 3.28. The van der Waals surface area contributed by atoms with E-state index in [9.17, 15) is 0 Å². The molecule has 1 aromatic heterocycles. The number of nitrogens with zero attached hydrogens (tertiary/aromatic N) is 1. The second kappa shape index (κ2) is 4.90. The lowest BCUT2D eigenvalue weighted by Crippen LogP contribution is -2.00. The molecule has 84 valence electrons. The van der Waals surface area contributed by atoms with E-state index in [0.717, 1.165) is 17.1 Å². The number of halogens is 1. The van der Waals surface area contributed by atoms with E-state index in [1.807, 2.05) is 18.2 Å². The molecule has 0 atom stereocenters. The van der Waals surface area contributed by atoms with Crippen LogP contribution in [0.4, 0.5) is 5.69 Å². The van der Waals surface area contributed by atoms with Crippen LogP contribution in [0.1, 0.15) is 5.69 Å². The number of ether oxygens (including phenoxy) is 1. The van der Waals surface area contributed by atoms with Gasteiger partial charge < -0.3 is 10.1 Å². The fourth-order valence-electron chi connectivity index (χ4n) is 1.34. The number of aromatic amines is 1. The number of rotatable bonds is 4. The van der Waals surface area contributed by atoms with E-state index in [2.05, 4.69) is 15.5 Å². The van der Waals surface area contributed by atoms with E-state index in [1.54, 1.807) is 19.4 Å². The molecule has 0 aliphatic rings. The monoisotopic (exact) mass is 237 g/mol. The molecule has 2 N–H and O–H groups in total. The Labute approximate surface area is 98.6 Å². The van der Waals surface area contributed by atoms with Crippen molar-refractivity contribution in [1.29, 1.82) is 0 Å². The van der Waals surface area contributed by atoms with Crippen molar-refractivity contribution in [1.82, 2.24) is 10.2 Å². The Morgan fingerprint density at radius 2 is 2.31 bits per heavy atom. The number of anilines is 1. The Kier molecular flexibility index (Phi) is 3.31. The predicted octanol–water partition coefficient (Wildman–Crippen LogP) is 2.68. The molecule has 0 fully saturated rings. The Balaban J connectivity index is 2.04. The first-order valence-electron chi connectivity index (χ1n) is 4.85. The van der Waals surface area contributed by atoms with Gasteiger partial charge in [-0.15, -0.1) is 0 Å². The van der Waals surface area contributed by atoms with Crippen LogP contribution >= 0.6 is 11.6 Å². The molecule has 1 aromatic carbocycles. The van der Waals surface area contributed by atoms with Gasteiger partial charge in [0, 0.05) is 12.3 Å². The minimum absolute atomic E-state index is 0.638. The van der Waals surface area contributed by atoms with Gasteiger partial charge >= 0.3 is 0 Å². The van der Waals surface area contributed by atoms with Gasteiger partial charge in [-0.1, -0.05) is 11.6 Å². The summed E-state index contributed by atoms with van der Waals surface area (Å²) in [5.74, 6) is 0.747. The van der Waals surface area contributed by atoms with E-state index in [-0.39, 0.29) is 0 Å². The van der Waals surface area contributed by atoms with Crippen LogP contribution in [0.25, 0.3) is 0 Å². The van der Waals surface area contributed by atoms with Gasteiger partial charge in [0.05, 0.1) is 30.1 Å². The number of nitrogens with one attached hydrogen (secondary N) is 2. The van der Waals surface area contributed by atoms with Crippen molar-refractivity contribution in [3.05, 3.63) is 41.2 Å². The van der Waals surface area contributed by atoms with Crippen LogP contribution < -0.4 is 10.1 Å². The molecule has 0 unspecified atom stereocenters. The summed E-state index contributed by atoms with van der Waals surface area (Å²) in [6, 6.07) is 7.43. The maximum absolute atomic E-state index is 6.08. The van der Waals surface area contributed by atoms with Crippen LogP contribution in [0.5, 0.6) is 5.75 Å². The molecule has 0 radical (unpaired) electrons. The summed E-state index contributed by atoms with van der Waals surface area (Å²) in [4.78, 5) is 0. The third-order valence-corrected chi connectivity index (χ3v) is 2.52. The number of hydrogen-bond donors (Lipinski definition) is 2. The summed E-state index contributed by atoms with van der Waals surface area (Å²) in [6.45, 7) is 0.659. The SMILES string of the molecule is COc1ccc(NCc2ccn[nH]2)c(Cl)c1. The average Bonchev–Trinajstić information content (AvgIpc) is 2.80. The van der Waals surface area contributed by atoms with E-state index in [4.69, 9.17) is 16.3 Å².